The molecule has 90 valence electrons. The number of aromatic nitrogens is 3. The fourth-order valence-corrected chi connectivity index (χ4v) is 2.78. The largest absolute Gasteiger partial charge is 0.394 e. The summed E-state index contributed by atoms with van der Waals surface area (Å²) in [7, 11) is 0. The van der Waals surface area contributed by atoms with Gasteiger partial charge in [0.15, 0.2) is 5.65 Å². The van der Waals surface area contributed by atoms with Crippen LogP contribution in [0.3, 0.4) is 0 Å². The summed E-state index contributed by atoms with van der Waals surface area (Å²) < 4.78 is 1.80. The quantitative estimate of drug-likeness (QED) is 0.766. The molecule has 17 heavy (non-hydrogen) atoms. The third kappa shape index (κ3) is 1.88. The molecular weight excluding hydrogens is 212 g/mol. The van der Waals surface area contributed by atoms with Gasteiger partial charge in [-0.3, -0.25) is 0 Å². The van der Waals surface area contributed by atoms with Crippen LogP contribution in [0.25, 0.3) is 5.65 Å². The Morgan fingerprint density at radius 2 is 1.94 bits per heavy atom. The van der Waals surface area contributed by atoms with E-state index in [-0.39, 0.29) is 0 Å². The molecule has 1 fully saturated rings. The van der Waals surface area contributed by atoms with Crippen molar-refractivity contribution < 1.29 is 0 Å². The van der Waals surface area contributed by atoms with E-state index in [1.54, 1.807) is 10.7 Å². The van der Waals surface area contributed by atoms with Gasteiger partial charge >= 0.3 is 0 Å². The van der Waals surface area contributed by atoms with E-state index in [0.717, 1.165) is 17.0 Å². The van der Waals surface area contributed by atoms with Crippen LogP contribution in [0.2, 0.25) is 0 Å². The van der Waals surface area contributed by atoms with Crippen molar-refractivity contribution in [2.45, 2.75) is 44.4 Å². The Bertz CT molecular complexity index is 509. The molecule has 1 aliphatic rings. The van der Waals surface area contributed by atoms with Crippen molar-refractivity contribution in [1.82, 2.24) is 14.6 Å². The van der Waals surface area contributed by atoms with E-state index in [9.17, 15) is 0 Å². The zero-order valence-corrected chi connectivity index (χ0v) is 9.97. The van der Waals surface area contributed by atoms with Crippen LogP contribution in [0.1, 0.15) is 50.1 Å². The van der Waals surface area contributed by atoms with E-state index >= 15 is 0 Å². The number of nitrogen functional groups attached to an aromatic ring is 1. The average Bonchev–Trinajstić information content (AvgIpc) is 2.57. The Morgan fingerprint density at radius 1 is 1.18 bits per heavy atom. The van der Waals surface area contributed by atoms with Gasteiger partial charge < -0.3 is 5.73 Å². The van der Waals surface area contributed by atoms with Gasteiger partial charge in [-0.1, -0.05) is 25.7 Å². The van der Waals surface area contributed by atoms with Crippen LogP contribution in [0.4, 0.5) is 5.69 Å². The molecule has 0 aliphatic heterocycles. The predicted molar refractivity (Wildman–Crippen MR) is 67.8 cm³/mol. The molecule has 0 saturated heterocycles. The first-order valence-electron chi connectivity index (χ1n) is 6.45. The normalized spacial score (nSPS) is 18.4. The number of hydrogen-bond donors (Lipinski definition) is 1. The molecule has 2 aromatic rings. The van der Waals surface area contributed by atoms with Crippen molar-refractivity contribution in [3.63, 3.8) is 0 Å². The third-order valence-corrected chi connectivity index (χ3v) is 3.70. The Labute approximate surface area is 101 Å². The lowest BCUT2D eigenvalue weighted by atomic mass is 9.96. The molecule has 0 aromatic carbocycles. The minimum absolute atomic E-state index is 0.527. The van der Waals surface area contributed by atoms with E-state index in [4.69, 9.17) is 5.73 Å². The number of rotatable bonds is 1. The fourth-order valence-electron chi connectivity index (χ4n) is 2.78. The van der Waals surface area contributed by atoms with Crippen molar-refractivity contribution in [2.75, 3.05) is 5.73 Å². The highest BCUT2D eigenvalue weighted by molar-refractivity contribution is 5.67. The first-order chi connectivity index (χ1) is 8.36. The van der Waals surface area contributed by atoms with E-state index in [1.165, 1.54) is 38.5 Å². The smallest absolute Gasteiger partial charge is 0.178 e. The average molecular weight is 230 g/mol. The van der Waals surface area contributed by atoms with Crippen molar-refractivity contribution in [3.05, 3.63) is 24.2 Å². The second-order valence-corrected chi connectivity index (χ2v) is 4.88. The molecular formula is C13H18N4. The van der Waals surface area contributed by atoms with E-state index in [1.807, 2.05) is 12.3 Å². The molecule has 0 spiro atoms. The van der Waals surface area contributed by atoms with Crippen LogP contribution in [0, 0.1) is 0 Å². The molecule has 3 rings (SSSR count). The van der Waals surface area contributed by atoms with Crippen molar-refractivity contribution >= 4 is 11.3 Å². The molecule has 2 aromatic heterocycles. The van der Waals surface area contributed by atoms with E-state index < -0.39 is 0 Å². The zero-order chi connectivity index (χ0) is 11.7. The van der Waals surface area contributed by atoms with E-state index in [2.05, 4.69) is 10.1 Å². The topological polar surface area (TPSA) is 56.2 Å². The Kier molecular flexibility index (Phi) is 2.71. The Morgan fingerprint density at radius 3 is 2.65 bits per heavy atom. The van der Waals surface area contributed by atoms with Crippen LogP contribution >= 0.6 is 0 Å². The highest BCUT2D eigenvalue weighted by Crippen LogP contribution is 2.34. The second-order valence-electron chi connectivity index (χ2n) is 4.88. The SMILES string of the molecule is Nc1c(C2CCCCCC2)nn2cccnc12. The predicted octanol–water partition coefficient (Wildman–Crippen LogP) is 2.75. The van der Waals surface area contributed by atoms with Crippen molar-refractivity contribution in [2.24, 2.45) is 0 Å². The molecule has 4 heteroatoms. The standard InChI is InChI=1S/C13H18N4/c14-11-12(10-6-3-1-2-4-7-10)16-17-9-5-8-15-13(11)17/h5,8-10H,1-4,6-7,14H2. The van der Waals surface area contributed by atoms with Gasteiger partial charge in [0, 0.05) is 18.3 Å². The van der Waals surface area contributed by atoms with Crippen LogP contribution in [-0.4, -0.2) is 14.6 Å². The summed E-state index contributed by atoms with van der Waals surface area (Å²) in [5.74, 6) is 0.527. The molecule has 2 N–H and O–H groups in total. The molecule has 1 aliphatic carbocycles. The highest BCUT2D eigenvalue weighted by Gasteiger charge is 2.21. The maximum Gasteiger partial charge on any atom is 0.178 e. The maximum atomic E-state index is 6.18. The number of nitrogens with zero attached hydrogens (tertiary/aromatic N) is 3. The minimum atomic E-state index is 0.527. The lowest BCUT2D eigenvalue weighted by molar-refractivity contribution is 0.574. The highest BCUT2D eigenvalue weighted by atomic mass is 15.3. The molecule has 1 saturated carbocycles. The first-order valence-corrected chi connectivity index (χ1v) is 6.45. The summed E-state index contributed by atoms with van der Waals surface area (Å²) in [6.45, 7) is 0. The van der Waals surface area contributed by atoms with Crippen molar-refractivity contribution in [3.8, 4) is 0 Å². The summed E-state index contributed by atoms with van der Waals surface area (Å²) in [5.41, 5.74) is 8.81. The molecule has 0 atom stereocenters. The first kappa shape index (κ1) is 10.6. The summed E-state index contributed by atoms with van der Waals surface area (Å²) in [6.07, 6.45) is 11.4. The summed E-state index contributed by atoms with van der Waals surface area (Å²) in [4.78, 5) is 4.30. The van der Waals surface area contributed by atoms with E-state index in [0.29, 0.717) is 5.92 Å². The molecule has 4 nitrogen and oxygen atoms in total. The number of hydrogen-bond acceptors (Lipinski definition) is 3. The molecule has 0 amide bonds. The van der Waals surface area contributed by atoms with Crippen LogP contribution < -0.4 is 5.73 Å². The lowest BCUT2D eigenvalue weighted by Gasteiger charge is -2.11. The van der Waals surface area contributed by atoms with Gasteiger partial charge in [0.05, 0.1) is 5.69 Å². The van der Waals surface area contributed by atoms with Gasteiger partial charge in [0.1, 0.15) is 5.69 Å². The van der Waals surface area contributed by atoms with Gasteiger partial charge in [-0.2, -0.15) is 5.10 Å². The monoisotopic (exact) mass is 230 g/mol. The summed E-state index contributed by atoms with van der Waals surface area (Å²) >= 11 is 0. The maximum absolute atomic E-state index is 6.18. The van der Waals surface area contributed by atoms with Gasteiger partial charge in [-0.15, -0.1) is 0 Å². The van der Waals surface area contributed by atoms with Crippen LogP contribution in [0.15, 0.2) is 18.5 Å². The van der Waals surface area contributed by atoms with Gasteiger partial charge in [-0.25, -0.2) is 9.50 Å². The Hall–Kier alpha value is -1.58. The molecule has 0 bridgehead atoms. The lowest BCUT2D eigenvalue weighted by Crippen LogP contribution is -2.01. The third-order valence-electron chi connectivity index (χ3n) is 3.70. The Balaban J connectivity index is 2.01. The number of anilines is 1. The van der Waals surface area contributed by atoms with Crippen LogP contribution in [-0.2, 0) is 0 Å². The summed E-state index contributed by atoms with van der Waals surface area (Å²) in [6, 6.07) is 1.89. The van der Waals surface area contributed by atoms with Crippen LogP contribution in [0.5, 0.6) is 0 Å². The molecule has 0 unspecified atom stereocenters. The van der Waals surface area contributed by atoms with Crippen molar-refractivity contribution in [1.29, 1.82) is 0 Å². The molecule has 2 heterocycles. The molecule has 0 radical (unpaired) electrons. The summed E-state index contributed by atoms with van der Waals surface area (Å²) in [5, 5.41) is 4.61. The second kappa shape index (κ2) is 4.35. The van der Waals surface area contributed by atoms with Gasteiger partial charge in [-0.05, 0) is 18.9 Å². The van der Waals surface area contributed by atoms with Gasteiger partial charge in [0.25, 0.3) is 0 Å². The number of nitrogens with two attached hydrogens (primary N) is 1. The number of fused-ring (bicyclic) bond motifs is 1. The van der Waals surface area contributed by atoms with Gasteiger partial charge in [0.2, 0.25) is 0 Å². The minimum Gasteiger partial charge on any atom is -0.394 e. The fraction of sp³-hybridized carbons (Fsp3) is 0.538. The zero-order valence-electron chi connectivity index (χ0n) is 9.97.